The van der Waals surface area contributed by atoms with Crippen molar-refractivity contribution < 1.29 is 4.74 Å². The zero-order valence-corrected chi connectivity index (χ0v) is 18.4. The van der Waals surface area contributed by atoms with Crippen molar-refractivity contribution in [2.24, 2.45) is 0 Å². The van der Waals surface area contributed by atoms with Crippen LogP contribution in [-0.2, 0) is 0 Å². The SMILES string of the molecule is COc1ccc(-c2csc(Nc3ccc(-c4csc(-c5ccccc5)n4)cc3)n2)cc1. The molecule has 2 aromatic heterocycles. The van der Waals surface area contributed by atoms with Crippen molar-refractivity contribution in [3.8, 4) is 38.8 Å². The van der Waals surface area contributed by atoms with Gasteiger partial charge in [0.15, 0.2) is 5.13 Å². The van der Waals surface area contributed by atoms with Gasteiger partial charge in [0, 0.05) is 33.1 Å². The summed E-state index contributed by atoms with van der Waals surface area (Å²) in [6.07, 6.45) is 0. The first-order valence-corrected chi connectivity index (χ1v) is 11.5. The molecule has 0 radical (unpaired) electrons. The Morgan fingerprint density at radius 2 is 1.32 bits per heavy atom. The van der Waals surface area contributed by atoms with E-state index in [1.165, 1.54) is 0 Å². The van der Waals surface area contributed by atoms with E-state index in [9.17, 15) is 0 Å². The van der Waals surface area contributed by atoms with Gasteiger partial charge in [-0.3, -0.25) is 0 Å². The maximum absolute atomic E-state index is 5.22. The first-order valence-electron chi connectivity index (χ1n) is 9.77. The van der Waals surface area contributed by atoms with Crippen molar-refractivity contribution in [3.05, 3.63) is 89.6 Å². The van der Waals surface area contributed by atoms with E-state index in [1.54, 1.807) is 29.8 Å². The summed E-state index contributed by atoms with van der Waals surface area (Å²) in [6, 6.07) is 26.5. The molecule has 0 spiro atoms. The van der Waals surface area contributed by atoms with Gasteiger partial charge in [0.1, 0.15) is 10.8 Å². The molecule has 1 N–H and O–H groups in total. The summed E-state index contributed by atoms with van der Waals surface area (Å²) in [6.45, 7) is 0. The predicted octanol–water partition coefficient (Wildman–Crippen LogP) is 7.35. The molecule has 0 aliphatic carbocycles. The van der Waals surface area contributed by atoms with Gasteiger partial charge in [-0.05, 0) is 36.4 Å². The smallest absolute Gasteiger partial charge is 0.187 e. The molecular formula is C25H19N3OS2. The highest BCUT2D eigenvalue weighted by atomic mass is 32.1. The first-order chi connectivity index (χ1) is 15.3. The maximum atomic E-state index is 5.22. The van der Waals surface area contributed by atoms with Crippen molar-refractivity contribution in [1.29, 1.82) is 0 Å². The van der Waals surface area contributed by atoms with Gasteiger partial charge < -0.3 is 10.1 Å². The standard InChI is InChI=1S/C25H19N3OS2/c1-29-21-13-9-18(10-14-21)23-16-31-25(28-23)26-20-11-7-17(8-12-20)22-15-30-24(27-22)19-5-3-2-4-6-19/h2-16H,1H3,(H,26,28). The van der Waals surface area contributed by atoms with Gasteiger partial charge in [-0.15, -0.1) is 22.7 Å². The van der Waals surface area contributed by atoms with E-state index in [1.807, 2.05) is 42.5 Å². The van der Waals surface area contributed by atoms with E-state index in [4.69, 9.17) is 14.7 Å². The average Bonchev–Trinajstić information content (AvgIpc) is 3.51. The van der Waals surface area contributed by atoms with Gasteiger partial charge in [0.05, 0.1) is 18.5 Å². The number of benzene rings is 3. The van der Waals surface area contributed by atoms with Gasteiger partial charge >= 0.3 is 0 Å². The Morgan fingerprint density at radius 1 is 0.677 bits per heavy atom. The highest BCUT2D eigenvalue weighted by Crippen LogP contribution is 2.31. The summed E-state index contributed by atoms with van der Waals surface area (Å²) in [7, 11) is 1.67. The third-order valence-electron chi connectivity index (χ3n) is 4.85. The first kappa shape index (κ1) is 19.5. The predicted molar refractivity (Wildman–Crippen MR) is 130 cm³/mol. The molecule has 5 aromatic rings. The molecule has 0 bridgehead atoms. The van der Waals surface area contributed by atoms with Gasteiger partial charge in [0.25, 0.3) is 0 Å². The number of aromatic nitrogens is 2. The van der Waals surface area contributed by atoms with Crippen molar-refractivity contribution in [1.82, 2.24) is 9.97 Å². The van der Waals surface area contributed by atoms with Crippen LogP contribution in [0.1, 0.15) is 0 Å². The molecule has 3 aromatic carbocycles. The number of methoxy groups -OCH3 is 1. The summed E-state index contributed by atoms with van der Waals surface area (Å²) in [5.74, 6) is 0.841. The topological polar surface area (TPSA) is 47.0 Å². The number of rotatable bonds is 6. The zero-order valence-electron chi connectivity index (χ0n) is 16.8. The Morgan fingerprint density at radius 3 is 2.03 bits per heavy atom. The Labute approximate surface area is 188 Å². The van der Waals surface area contributed by atoms with Crippen LogP contribution in [0.2, 0.25) is 0 Å². The van der Waals surface area contributed by atoms with Crippen LogP contribution in [0.25, 0.3) is 33.1 Å². The van der Waals surface area contributed by atoms with E-state index in [-0.39, 0.29) is 0 Å². The van der Waals surface area contributed by atoms with Crippen LogP contribution in [0.3, 0.4) is 0 Å². The lowest BCUT2D eigenvalue weighted by molar-refractivity contribution is 0.415. The Kier molecular flexibility index (Phi) is 5.48. The number of anilines is 2. The maximum Gasteiger partial charge on any atom is 0.187 e. The lowest BCUT2D eigenvalue weighted by Crippen LogP contribution is -1.90. The van der Waals surface area contributed by atoms with E-state index < -0.39 is 0 Å². The molecule has 4 nitrogen and oxygen atoms in total. The molecular weight excluding hydrogens is 422 g/mol. The monoisotopic (exact) mass is 441 g/mol. The number of hydrogen-bond acceptors (Lipinski definition) is 6. The number of nitrogens with zero attached hydrogens (tertiary/aromatic N) is 2. The van der Waals surface area contributed by atoms with Gasteiger partial charge in [-0.1, -0.05) is 42.5 Å². The number of hydrogen-bond donors (Lipinski definition) is 1. The summed E-state index contributed by atoms with van der Waals surface area (Å²) in [5.41, 5.74) is 6.25. The molecule has 0 fully saturated rings. The van der Waals surface area contributed by atoms with E-state index >= 15 is 0 Å². The summed E-state index contributed by atoms with van der Waals surface area (Å²) >= 11 is 3.25. The molecule has 31 heavy (non-hydrogen) atoms. The molecule has 0 saturated carbocycles. The highest BCUT2D eigenvalue weighted by Gasteiger charge is 2.08. The third kappa shape index (κ3) is 4.35. The van der Waals surface area contributed by atoms with E-state index in [2.05, 4.69) is 52.5 Å². The summed E-state index contributed by atoms with van der Waals surface area (Å²) in [4.78, 5) is 9.50. The lowest BCUT2D eigenvalue weighted by atomic mass is 10.1. The molecule has 0 unspecified atom stereocenters. The van der Waals surface area contributed by atoms with Crippen LogP contribution in [0, 0.1) is 0 Å². The van der Waals surface area contributed by atoms with Crippen LogP contribution < -0.4 is 10.1 Å². The van der Waals surface area contributed by atoms with Crippen molar-refractivity contribution >= 4 is 33.5 Å². The second-order valence-corrected chi connectivity index (χ2v) is 8.59. The molecule has 0 aliphatic rings. The van der Waals surface area contributed by atoms with Crippen molar-refractivity contribution in [2.45, 2.75) is 0 Å². The Bertz CT molecular complexity index is 1280. The fraction of sp³-hybridized carbons (Fsp3) is 0.0400. The quantitative estimate of drug-likeness (QED) is 0.299. The Hall–Kier alpha value is -3.48. The van der Waals surface area contributed by atoms with Gasteiger partial charge in [0.2, 0.25) is 0 Å². The van der Waals surface area contributed by atoms with E-state index in [0.717, 1.165) is 49.7 Å². The van der Waals surface area contributed by atoms with Crippen LogP contribution in [-0.4, -0.2) is 17.1 Å². The molecule has 0 saturated heterocycles. The fourth-order valence-corrected chi connectivity index (χ4v) is 4.77. The summed E-state index contributed by atoms with van der Waals surface area (Å²) in [5, 5.41) is 9.44. The normalized spacial score (nSPS) is 10.7. The number of thiazole rings is 2. The average molecular weight is 442 g/mol. The molecule has 6 heteroatoms. The van der Waals surface area contributed by atoms with Crippen LogP contribution in [0.5, 0.6) is 5.75 Å². The molecule has 0 atom stereocenters. The van der Waals surface area contributed by atoms with Crippen molar-refractivity contribution in [3.63, 3.8) is 0 Å². The van der Waals surface area contributed by atoms with Crippen molar-refractivity contribution in [2.75, 3.05) is 12.4 Å². The molecule has 152 valence electrons. The second kappa shape index (κ2) is 8.71. The zero-order chi connectivity index (χ0) is 21.0. The minimum absolute atomic E-state index is 0.841. The van der Waals surface area contributed by atoms with Crippen LogP contribution in [0.15, 0.2) is 89.6 Å². The minimum Gasteiger partial charge on any atom is -0.497 e. The third-order valence-corrected chi connectivity index (χ3v) is 6.50. The molecule has 0 aliphatic heterocycles. The van der Waals surface area contributed by atoms with E-state index in [0.29, 0.717) is 0 Å². The fourth-order valence-electron chi connectivity index (χ4n) is 3.19. The molecule has 2 heterocycles. The lowest BCUT2D eigenvalue weighted by Gasteiger charge is -2.04. The van der Waals surface area contributed by atoms with Gasteiger partial charge in [-0.2, -0.15) is 0 Å². The highest BCUT2D eigenvalue weighted by molar-refractivity contribution is 7.14. The largest absolute Gasteiger partial charge is 0.497 e. The second-order valence-electron chi connectivity index (χ2n) is 6.87. The number of nitrogens with one attached hydrogen (secondary N) is 1. The molecule has 0 amide bonds. The number of ether oxygens (including phenoxy) is 1. The van der Waals surface area contributed by atoms with Crippen LogP contribution >= 0.6 is 22.7 Å². The minimum atomic E-state index is 0.841. The van der Waals surface area contributed by atoms with Crippen LogP contribution in [0.4, 0.5) is 10.8 Å². The Balaban J connectivity index is 1.29. The van der Waals surface area contributed by atoms with Gasteiger partial charge in [-0.25, -0.2) is 9.97 Å². The molecule has 5 rings (SSSR count). The summed E-state index contributed by atoms with van der Waals surface area (Å²) < 4.78 is 5.22.